The number of piperidine rings is 1. The van der Waals surface area contributed by atoms with Gasteiger partial charge in [-0.3, -0.25) is 9.59 Å². The van der Waals surface area contributed by atoms with Crippen molar-refractivity contribution in [3.05, 3.63) is 29.3 Å². The fraction of sp³-hybridized carbons (Fsp3) is 0.579. The number of carbonyl (C=O) groups excluding carboxylic acids is 2. The van der Waals surface area contributed by atoms with E-state index in [1.54, 1.807) is 0 Å². The van der Waals surface area contributed by atoms with E-state index in [1.807, 2.05) is 30.0 Å². The Bertz CT molecular complexity index is 623. The molecule has 2 amide bonds. The number of anilines is 1. The molecule has 2 aliphatic heterocycles. The van der Waals surface area contributed by atoms with Gasteiger partial charge in [0.15, 0.2) is 0 Å². The molecule has 2 saturated heterocycles. The van der Waals surface area contributed by atoms with Crippen LogP contribution in [-0.2, 0) is 9.53 Å². The molecular formula is C19H26N2O3. The third kappa shape index (κ3) is 3.61. The molecule has 2 fully saturated rings. The summed E-state index contributed by atoms with van der Waals surface area (Å²) in [5, 5.41) is 2.96. The number of ether oxygens (including phenoxy) is 1. The summed E-state index contributed by atoms with van der Waals surface area (Å²) < 4.78 is 5.26. The summed E-state index contributed by atoms with van der Waals surface area (Å²) in [6.07, 6.45) is 4.11. The standard InChI is InChI=1S/C19H26N2O3/c1-13-11-15(19(23)21-9-4-3-5-14(21)2)6-7-17(13)20-18(22)16-8-10-24-12-16/h6-7,11,14,16H,3-5,8-10,12H2,1-2H3,(H,20,22)/t14-,16+/m1/s1. The minimum Gasteiger partial charge on any atom is -0.381 e. The first-order valence-corrected chi connectivity index (χ1v) is 8.86. The van der Waals surface area contributed by atoms with Crippen LogP contribution in [0.5, 0.6) is 0 Å². The Morgan fingerprint density at radius 2 is 2.08 bits per heavy atom. The van der Waals surface area contributed by atoms with Gasteiger partial charge in [0.05, 0.1) is 12.5 Å². The highest BCUT2D eigenvalue weighted by Gasteiger charge is 2.26. The molecule has 0 saturated carbocycles. The molecule has 1 aromatic carbocycles. The van der Waals surface area contributed by atoms with Crippen LogP contribution in [0.25, 0.3) is 0 Å². The number of nitrogens with zero attached hydrogens (tertiary/aromatic N) is 1. The highest BCUT2D eigenvalue weighted by atomic mass is 16.5. The third-order valence-electron chi connectivity index (χ3n) is 5.10. The van der Waals surface area contributed by atoms with Crippen molar-refractivity contribution < 1.29 is 14.3 Å². The molecule has 2 atom stereocenters. The summed E-state index contributed by atoms with van der Waals surface area (Å²) in [6, 6.07) is 5.83. The van der Waals surface area contributed by atoms with Crippen molar-refractivity contribution in [3.63, 3.8) is 0 Å². The molecule has 0 aromatic heterocycles. The molecule has 1 aromatic rings. The van der Waals surface area contributed by atoms with E-state index in [0.29, 0.717) is 24.8 Å². The normalized spacial score (nSPS) is 24.0. The number of hydrogen-bond acceptors (Lipinski definition) is 3. The van der Waals surface area contributed by atoms with Crippen LogP contribution in [0.15, 0.2) is 18.2 Å². The molecule has 130 valence electrons. The molecular weight excluding hydrogens is 304 g/mol. The van der Waals surface area contributed by atoms with Crippen LogP contribution in [0.1, 0.15) is 48.5 Å². The number of carbonyl (C=O) groups is 2. The number of rotatable bonds is 3. The molecule has 1 N–H and O–H groups in total. The van der Waals surface area contributed by atoms with Gasteiger partial charge in [-0.25, -0.2) is 0 Å². The smallest absolute Gasteiger partial charge is 0.254 e. The Kier molecular flexibility index (Phi) is 5.19. The number of nitrogens with one attached hydrogen (secondary N) is 1. The Labute approximate surface area is 143 Å². The Balaban J connectivity index is 1.69. The van der Waals surface area contributed by atoms with Crippen LogP contribution in [0.2, 0.25) is 0 Å². The summed E-state index contributed by atoms with van der Waals surface area (Å²) in [4.78, 5) is 26.9. The lowest BCUT2D eigenvalue weighted by Crippen LogP contribution is -2.42. The van der Waals surface area contributed by atoms with E-state index in [9.17, 15) is 9.59 Å². The van der Waals surface area contributed by atoms with Gasteiger partial charge >= 0.3 is 0 Å². The highest BCUT2D eigenvalue weighted by molar-refractivity contribution is 5.97. The maximum absolute atomic E-state index is 12.7. The number of amides is 2. The molecule has 5 heteroatoms. The number of aryl methyl sites for hydroxylation is 1. The van der Waals surface area contributed by atoms with E-state index in [1.165, 1.54) is 6.42 Å². The van der Waals surface area contributed by atoms with Crippen molar-refractivity contribution in [1.82, 2.24) is 4.90 Å². The minimum absolute atomic E-state index is 0.000621. The minimum atomic E-state index is -0.0695. The Morgan fingerprint density at radius 3 is 2.75 bits per heavy atom. The summed E-state index contributed by atoms with van der Waals surface area (Å²) in [6.45, 7) is 6.02. The summed E-state index contributed by atoms with van der Waals surface area (Å²) in [7, 11) is 0. The zero-order chi connectivity index (χ0) is 17.1. The Morgan fingerprint density at radius 1 is 1.25 bits per heavy atom. The lowest BCUT2D eigenvalue weighted by Gasteiger charge is -2.33. The lowest BCUT2D eigenvalue weighted by atomic mass is 10.0. The summed E-state index contributed by atoms with van der Waals surface area (Å²) >= 11 is 0. The van der Waals surface area contributed by atoms with Gasteiger partial charge in [-0.05, 0) is 63.3 Å². The van der Waals surface area contributed by atoms with Crippen molar-refractivity contribution in [3.8, 4) is 0 Å². The predicted molar refractivity (Wildman–Crippen MR) is 93.1 cm³/mol. The molecule has 0 radical (unpaired) electrons. The zero-order valence-corrected chi connectivity index (χ0v) is 14.5. The van der Waals surface area contributed by atoms with Crippen LogP contribution < -0.4 is 5.32 Å². The van der Waals surface area contributed by atoms with Crippen molar-refractivity contribution in [2.45, 2.75) is 45.6 Å². The van der Waals surface area contributed by atoms with Gasteiger partial charge in [0.1, 0.15) is 0 Å². The molecule has 2 aliphatic rings. The largest absolute Gasteiger partial charge is 0.381 e. The van der Waals surface area contributed by atoms with Gasteiger partial charge in [-0.1, -0.05) is 0 Å². The van der Waals surface area contributed by atoms with Crippen LogP contribution in [-0.4, -0.2) is 42.5 Å². The van der Waals surface area contributed by atoms with Crippen molar-refractivity contribution in [2.24, 2.45) is 5.92 Å². The van der Waals surface area contributed by atoms with Gasteiger partial charge in [0, 0.05) is 30.4 Å². The molecule has 0 unspecified atom stereocenters. The summed E-state index contributed by atoms with van der Waals surface area (Å²) in [5.41, 5.74) is 2.39. The monoisotopic (exact) mass is 330 g/mol. The third-order valence-corrected chi connectivity index (χ3v) is 5.10. The van der Waals surface area contributed by atoms with Gasteiger partial charge in [-0.2, -0.15) is 0 Å². The summed E-state index contributed by atoms with van der Waals surface area (Å²) in [5.74, 6) is 0.0200. The van der Waals surface area contributed by atoms with Crippen molar-refractivity contribution in [1.29, 1.82) is 0 Å². The quantitative estimate of drug-likeness (QED) is 0.927. The number of likely N-dealkylation sites (tertiary alicyclic amines) is 1. The van der Waals surface area contributed by atoms with Crippen molar-refractivity contribution in [2.75, 3.05) is 25.1 Å². The van der Waals surface area contributed by atoms with Crippen LogP contribution in [0.4, 0.5) is 5.69 Å². The first-order chi connectivity index (χ1) is 11.6. The van der Waals surface area contributed by atoms with E-state index in [2.05, 4.69) is 12.2 Å². The van der Waals surface area contributed by atoms with Gasteiger partial charge < -0.3 is 15.0 Å². The maximum Gasteiger partial charge on any atom is 0.254 e. The van der Waals surface area contributed by atoms with E-state index in [4.69, 9.17) is 4.74 Å². The molecule has 2 heterocycles. The second kappa shape index (κ2) is 7.34. The molecule has 0 aliphatic carbocycles. The Hall–Kier alpha value is -1.88. The van der Waals surface area contributed by atoms with E-state index < -0.39 is 0 Å². The van der Waals surface area contributed by atoms with Crippen LogP contribution in [0, 0.1) is 12.8 Å². The second-order valence-corrected chi connectivity index (χ2v) is 6.92. The predicted octanol–water partition coefficient (Wildman–Crippen LogP) is 2.98. The van der Waals surface area contributed by atoms with Crippen LogP contribution in [0.3, 0.4) is 0 Å². The average Bonchev–Trinajstić information content (AvgIpc) is 3.11. The highest BCUT2D eigenvalue weighted by Crippen LogP contribution is 2.23. The lowest BCUT2D eigenvalue weighted by molar-refractivity contribution is -0.119. The fourth-order valence-electron chi connectivity index (χ4n) is 3.48. The van der Waals surface area contributed by atoms with Gasteiger partial charge in [0.25, 0.3) is 5.91 Å². The molecule has 5 nitrogen and oxygen atoms in total. The van der Waals surface area contributed by atoms with Gasteiger partial charge in [-0.15, -0.1) is 0 Å². The molecule has 24 heavy (non-hydrogen) atoms. The van der Waals surface area contributed by atoms with Gasteiger partial charge in [0.2, 0.25) is 5.91 Å². The first-order valence-electron chi connectivity index (χ1n) is 8.86. The first kappa shape index (κ1) is 17.0. The second-order valence-electron chi connectivity index (χ2n) is 6.92. The number of benzene rings is 1. The van der Waals surface area contributed by atoms with E-state index >= 15 is 0 Å². The fourth-order valence-corrected chi connectivity index (χ4v) is 3.48. The van der Waals surface area contributed by atoms with Crippen molar-refractivity contribution >= 4 is 17.5 Å². The molecule has 0 spiro atoms. The molecule has 0 bridgehead atoms. The SMILES string of the molecule is Cc1cc(C(=O)N2CCCC[C@H]2C)ccc1NC(=O)[C@H]1CCOC1. The van der Waals surface area contributed by atoms with E-state index in [-0.39, 0.29) is 17.7 Å². The van der Waals surface area contributed by atoms with E-state index in [0.717, 1.165) is 37.1 Å². The molecule has 3 rings (SSSR count). The van der Waals surface area contributed by atoms with Crippen LogP contribution >= 0.6 is 0 Å². The maximum atomic E-state index is 12.7. The zero-order valence-electron chi connectivity index (χ0n) is 14.5. The average molecular weight is 330 g/mol. The topological polar surface area (TPSA) is 58.6 Å². The number of hydrogen-bond donors (Lipinski definition) is 1.